The fraction of sp³-hybridized carbons (Fsp3) is 0.250. The van der Waals surface area contributed by atoms with Gasteiger partial charge in [0.05, 0.1) is 37.1 Å². The standard InChI is InChI=1S/C24H23N3O7/c1-14-22-16(12-17(18-5-4-10-32-18)26-23(22)34-27-14)24(29)33-13-21(28)25-9-8-15-6-7-19(30-2)20(11-15)31-3/h4-7,10-12H,8-9,13H2,1-3H3,(H,25,28). The van der Waals surface area contributed by atoms with Crippen LogP contribution in [-0.2, 0) is 16.0 Å². The Bertz CT molecular complexity index is 1310. The quantitative estimate of drug-likeness (QED) is 0.370. The summed E-state index contributed by atoms with van der Waals surface area (Å²) in [6.45, 7) is 1.62. The Hall–Kier alpha value is -4.34. The average molecular weight is 465 g/mol. The zero-order valence-electron chi connectivity index (χ0n) is 18.9. The molecule has 4 aromatic rings. The summed E-state index contributed by atoms with van der Waals surface area (Å²) in [6.07, 6.45) is 2.06. The lowest BCUT2D eigenvalue weighted by Gasteiger charge is -2.10. The second-order valence-corrected chi connectivity index (χ2v) is 7.35. The average Bonchev–Trinajstić information content (AvgIpc) is 3.52. The number of carbonyl (C=O) groups excluding carboxylic acids is 2. The van der Waals surface area contributed by atoms with Gasteiger partial charge in [0.25, 0.3) is 11.6 Å². The zero-order valence-corrected chi connectivity index (χ0v) is 18.9. The van der Waals surface area contributed by atoms with E-state index in [0.29, 0.717) is 47.0 Å². The number of pyridine rings is 1. The normalized spacial score (nSPS) is 10.8. The molecule has 0 unspecified atom stereocenters. The van der Waals surface area contributed by atoms with E-state index in [1.807, 2.05) is 12.1 Å². The molecule has 0 bridgehead atoms. The molecule has 4 rings (SSSR count). The smallest absolute Gasteiger partial charge is 0.339 e. The minimum absolute atomic E-state index is 0.178. The molecule has 3 heterocycles. The molecule has 0 aliphatic heterocycles. The lowest BCUT2D eigenvalue weighted by atomic mass is 10.1. The van der Waals surface area contributed by atoms with Crippen molar-refractivity contribution >= 4 is 23.0 Å². The Kier molecular flexibility index (Phi) is 6.77. The maximum absolute atomic E-state index is 12.8. The molecule has 1 aromatic carbocycles. The van der Waals surface area contributed by atoms with Crippen molar-refractivity contribution in [2.75, 3.05) is 27.4 Å². The first-order valence-corrected chi connectivity index (χ1v) is 10.5. The van der Waals surface area contributed by atoms with Crippen LogP contribution in [0.3, 0.4) is 0 Å². The zero-order chi connectivity index (χ0) is 24.1. The van der Waals surface area contributed by atoms with Crippen LogP contribution in [-0.4, -0.2) is 49.4 Å². The predicted octanol–water partition coefficient (Wildman–Crippen LogP) is 3.32. The molecule has 10 heteroatoms. The number of carbonyl (C=O) groups is 2. The van der Waals surface area contributed by atoms with E-state index in [-0.39, 0.29) is 11.3 Å². The first kappa shape index (κ1) is 22.8. The van der Waals surface area contributed by atoms with Gasteiger partial charge in [-0.25, -0.2) is 9.78 Å². The van der Waals surface area contributed by atoms with E-state index < -0.39 is 18.5 Å². The number of nitrogens with one attached hydrogen (secondary N) is 1. The SMILES string of the molecule is COc1ccc(CCNC(=O)COC(=O)c2cc(-c3ccco3)nc3onc(C)c23)cc1OC. The molecule has 0 atom stereocenters. The van der Waals surface area contributed by atoms with Crippen molar-refractivity contribution in [1.29, 1.82) is 0 Å². The number of ether oxygens (including phenoxy) is 3. The number of furan rings is 1. The number of benzene rings is 1. The Balaban J connectivity index is 1.37. The van der Waals surface area contributed by atoms with E-state index in [4.69, 9.17) is 23.2 Å². The van der Waals surface area contributed by atoms with Gasteiger partial charge >= 0.3 is 5.97 Å². The van der Waals surface area contributed by atoms with Crippen molar-refractivity contribution in [2.45, 2.75) is 13.3 Å². The number of nitrogens with zero attached hydrogens (tertiary/aromatic N) is 2. The molecule has 0 saturated carbocycles. The van der Waals surface area contributed by atoms with Crippen LogP contribution in [0.2, 0.25) is 0 Å². The van der Waals surface area contributed by atoms with Gasteiger partial charge in [0, 0.05) is 6.54 Å². The highest BCUT2D eigenvalue weighted by atomic mass is 16.5. The molecule has 0 radical (unpaired) electrons. The van der Waals surface area contributed by atoms with Crippen LogP contribution in [0.5, 0.6) is 11.5 Å². The first-order valence-electron chi connectivity index (χ1n) is 10.5. The Labute approximate surface area is 194 Å². The molecule has 3 aromatic heterocycles. The summed E-state index contributed by atoms with van der Waals surface area (Å²) in [7, 11) is 3.13. The van der Waals surface area contributed by atoms with E-state index in [2.05, 4.69) is 15.5 Å². The second kappa shape index (κ2) is 10.1. The molecule has 0 saturated heterocycles. The van der Waals surface area contributed by atoms with Crippen molar-refractivity contribution < 1.29 is 32.7 Å². The fourth-order valence-corrected chi connectivity index (χ4v) is 3.45. The molecule has 34 heavy (non-hydrogen) atoms. The van der Waals surface area contributed by atoms with Gasteiger partial charge < -0.3 is 28.5 Å². The molecule has 0 aliphatic carbocycles. The molecular formula is C24H23N3O7. The topological polar surface area (TPSA) is 126 Å². The summed E-state index contributed by atoms with van der Waals surface area (Å²) in [6, 6.07) is 10.5. The summed E-state index contributed by atoms with van der Waals surface area (Å²) in [5.74, 6) is 0.583. The van der Waals surface area contributed by atoms with Gasteiger partial charge in [-0.05, 0) is 49.2 Å². The van der Waals surface area contributed by atoms with Crippen molar-refractivity contribution in [3.63, 3.8) is 0 Å². The monoisotopic (exact) mass is 465 g/mol. The minimum atomic E-state index is -0.693. The third-order valence-corrected chi connectivity index (χ3v) is 5.13. The molecule has 0 spiro atoms. The van der Waals surface area contributed by atoms with Crippen LogP contribution >= 0.6 is 0 Å². The predicted molar refractivity (Wildman–Crippen MR) is 121 cm³/mol. The third kappa shape index (κ3) is 4.85. The van der Waals surface area contributed by atoms with Crippen molar-refractivity contribution in [2.24, 2.45) is 0 Å². The van der Waals surface area contributed by atoms with E-state index in [1.165, 1.54) is 12.3 Å². The van der Waals surface area contributed by atoms with Crippen LogP contribution in [0.1, 0.15) is 21.6 Å². The van der Waals surface area contributed by atoms with Crippen molar-refractivity contribution in [3.8, 4) is 23.0 Å². The number of rotatable bonds is 9. The van der Waals surface area contributed by atoms with Crippen LogP contribution in [0.4, 0.5) is 0 Å². The van der Waals surface area contributed by atoms with Gasteiger partial charge in [-0.3, -0.25) is 4.79 Å². The minimum Gasteiger partial charge on any atom is -0.493 e. The van der Waals surface area contributed by atoms with Gasteiger partial charge in [-0.1, -0.05) is 11.2 Å². The summed E-state index contributed by atoms with van der Waals surface area (Å²) in [5.41, 5.74) is 2.20. The number of aromatic nitrogens is 2. The van der Waals surface area contributed by atoms with Gasteiger partial charge in [0.2, 0.25) is 0 Å². The van der Waals surface area contributed by atoms with Crippen LogP contribution < -0.4 is 14.8 Å². The maximum Gasteiger partial charge on any atom is 0.339 e. The van der Waals surface area contributed by atoms with E-state index >= 15 is 0 Å². The summed E-state index contributed by atoms with van der Waals surface area (Å²) < 4.78 is 26.3. The van der Waals surface area contributed by atoms with Gasteiger partial charge in [0.15, 0.2) is 23.9 Å². The largest absolute Gasteiger partial charge is 0.493 e. The van der Waals surface area contributed by atoms with Crippen LogP contribution in [0.15, 0.2) is 51.6 Å². The summed E-state index contributed by atoms with van der Waals surface area (Å²) in [4.78, 5) is 29.4. The summed E-state index contributed by atoms with van der Waals surface area (Å²) in [5, 5.41) is 7.04. The molecular weight excluding hydrogens is 442 g/mol. The highest BCUT2D eigenvalue weighted by Crippen LogP contribution is 2.28. The lowest BCUT2D eigenvalue weighted by Crippen LogP contribution is -2.30. The highest BCUT2D eigenvalue weighted by Gasteiger charge is 2.22. The van der Waals surface area contributed by atoms with E-state index in [1.54, 1.807) is 39.3 Å². The molecule has 10 nitrogen and oxygen atoms in total. The summed E-state index contributed by atoms with van der Waals surface area (Å²) >= 11 is 0. The molecule has 1 amide bonds. The van der Waals surface area contributed by atoms with Gasteiger partial charge in [0.1, 0.15) is 5.69 Å². The number of methoxy groups -OCH3 is 2. The number of hydrogen-bond donors (Lipinski definition) is 1. The lowest BCUT2D eigenvalue weighted by molar-refractivity contribution is -0.124. The number of fused-ring (bicyclic) bond motifs is 1. The Morgan fingerprint density at radius 3 is 2.65 bits per heavy atom. The molecule has 176 valence electrons. The molecule has 0 fully saturated rings. The Morgan fingerprint density at radius 1 is 1.09 bits per heavy atom. The van der Waals surface area contributed by atoms with Crippen molar-refractivity contribution in [1.82, 2.24) is 15.5 Å². The highest BCUT2D eigenvalue weighted by molar-refractivity contribution is 6.04. The van der Waals surface area contributed by atoms with Gasteiger partial charge in [-0.2, -0.15) is 0 Å². The number of hydrogen-bond acceptors (Lipinski definition) is 9. The third-order valence-electron chi connectivity index (χ3n) is 5.13. The van der Waals surface area contributed by atoms with Gasteiger partial charge in [-0.15, -0.1) is 0 Å². The number of amides is 1. The molecule has 0 aliphatic rings. The van der Waals surface area contributed by atoms with Crippen LogP contribution in [0.25, 0.3) is 22.6 Å². The van der Waals surface area contributed by atoms with Crippen molar-refractivity contribution in [3.05, 3.63) is 59.5 Å². The van der Waals surface area contributed by atoms with Crippen LogP contribution in [0, 0.1) is 6.92 Å². The van der Waals surface area contributed by atoms with E-state index in [9.17, 15) is 9.59 Å². The fourth-order valence-electron chi connectivity index (χ4n) is 3.45. The first-order chi connectivity index (χ1) is 16.5. The molecule has 1 N–H and O–H groups in total. The second-order valence-electron chi connectivity index (χ2n) is 7.35. The number of aryl methyl sites for hydroxylation is 1. The van der Waals surface area contributed by atoms with E-state index in [0.717, 1.165) is 5.56 Å². The number of esters is 1. The Morgan fingerprint density at radius 2 is 1.91 bits per heavy atom. The maximum atomic E-state index is 12.8.